The number of rotatable bonds is 12. The van der Waals surface area contributed by atoms with Crippen molar-refractivity contribution in [2.24, 2.45) is 0 Å². The van der Waals surface area contributed by atoms with E-state index in [-0.39, 0.29) is 19.4 Å². The number of pyridine rings is 1. The number of benzene rings is 1. The third-order valence-corrected chi connectivity index (χ3v) is 7.95. The third kappa shape index (κ3) is 7.47. The third-order valence-electron chi connectivity index (χ3n) is 7.95. The Kier molecular flexibility index (Phi) is 11.0. The summed E-state index contributed by atoms with van der Waals surface area (Å²) in [6.07, 6.45) is -11.9. The summed E-state index contributed by atoms with van der Waals surface area (Å²) in [5.74, 6) is 1.40. The Hall–Kier alpha value is -2.51. The van der Waals surface area contributed by atoms with Gasteiger partial charge in [-0.2, -0.15) is 0 Å². The Morgan fingerprint density at radius 2 is 1.50 bits per heavy atom. The van der Waals surface area contributed by atoms with Gasteiger partial charge in [-0.25, -0.2) is 0 Å². The lowest BCUT2D eigenvalue weighted by Gasteiger charge is -2.43. The number of aliphatic hydroxyl groups is 7. The molecule has 2 fully saturated rings. The molecule has 0 spiro atoms. The van der Waals surface area contributed by atoms with Crippen molar-refractivity contribution in [1.29, 1.82) is 0 Å². The van der Waals surface area contributed by atoms with Crippen LogP contribution in [0.15, 0.2) is 42.7 Å². The van der Waals surface area contributed by atoms with Gasteiger partial charge < -0.3 is 69.5 Å². The van der Waals surface area contributed by atoms with Crippen molar-refractivity contribution >= 4 is 0 Å². The summed E-state index contributed by atoms with van der Waals surface area (Å²) in [5.41, 5.74) is 1.76. The maximum atomic E-state index is 10.8. The second-order valence-electron chi connectivity index (χ2n) is 11.2. The molecule has 3 aliphatic heterocycles. The fourth-order valence-corrected chi connectivity index (χ4v) is 5.35. The maximum absolute atomic E-state index is 10.8. The lowest BCUT2D eigenvalue weighted by molar-refractivity contribution is -0.336. The highest BCUT2D eigenvalue weighted by Crippen LogP contribution is 2.33. The Morgan fingerprint density at radius 1 is 0.841 bits per heavy atom. The predicted octanol–water partition coefficient (Wildman–Crippen LogP) is -2.29. The Labute approximate surface area is 253 Å². The zero-order chi connectivity index (χ0) is 31.4. The molecule has 0 bridgehead atoms. The van der Waals surface area contributed by atoms with E-state index in [0.29, 0.717) is 23.5 Å². The van der Waals surface area contributed by atoms with E-state index in [9.17, 15) is 35.7 Å². The molecule has 12 atom stereocenters. The van der Waals surface area contributed by atoms with Crippen LogP contribution in [0.3, 0.4) is 0 Å². The second kappa shape index (κ2) is 14.7. The fraction of sp³-hybridized carbons (Fsp3) is 0.621. The molecule has 1 unspecified atom stereocenters. The number of aliphatic hydroxyl groups excluding tert-OH is 7. The minimum Gasteiger partial charge on any atom is -0.454 e. The molecule has 2 aromatic rings. The molecule has 15 nitrogen and oxygen atoms in total. The maximum Gasteiger partial charge on any atom is 0.231 e. The van der Waals surface area contributed by atoms with Crippen LogP contribution in [-0.2, 0) is 25.4 Å². The quantitative estimate of drug-likeness (QED) is 0.125. The smallest absolute Gasteiger partial charge is 0.231 e. The van der Waals surface area contributed by atoms with Crippen molar-refractivity contribution in [3.8, 4) is 11.5 Å². The van der Waals surface area contributed by atoms with Gasteiger partial charge in [-0.15, -0.1) is 0 Å². The number of fused-ring (bicyclic) bond motifs is 1. The molecule has 8 N–H and O–H groups in total. The number of hydrogen-bond donors (Lipinski definition) is 8. The van der Waals surface area contributed by atoms with E-state index >= 15 is 0 Å². The minimum atomic E-state index is -1.67. The van der Waals surface area contributed by atoms with Gasteiger partial charge in [0, 0.05) is 25.0 Å². The van der Waals surface area contributed by atoms with Crippen LogP contribution in [0.2, 0.25) is 0 Å². The molecular weight excluding hydrogens is 584 g/mol. The van der Waals surface area contributed by atoms with Crippen LogP contribution in [0.25, 0.3) is 0 Å². The summed E-state index contributed by atoms with van der Waals surface area (Å²) in [6, 6.07) is 9.25. The molecule has 1 aromatic heterocycles. The van der Waals surface area contributed by atoms with Crippen molar-refractivity contribution in [3.05, 3.63) is 53.9 Å². The van der Waals surface area contributed by atoms with Crippen molar-refractivity contribution < 1.29 is 64.2 Å². The number of ether oxygens (including phenoxy) is 6. The summed E-state index contributed by atoms with van der Waals surface area (Å²) < 4.78 is 33.7. The summed E-state index contributed by atoms with van der Waals surface area (Å²) in [5, 5.41) is 75.1. The van der Waals surface area contributed by atoms with Crippen LogP contribution in [0.5, 0.6) is 11.5 Å². The Morgan fingerprint density at radius 3 is 2.23 bits per heavy atom. The van der Waals surface area contributed by atoms with E-state index in [4.69, 9.17) is 28.4 Å². The first kappa shape index (κ1) is 32.9. The van der Waals surface area contributed by atoms with E-state index in [0.717, 1.165) is 5.56 Å². The normalized spacial score (nSPS) is 34.9. The van der Waals surface area contributed by atoms with Gasteiger partial charge in [-0.05, 0) is 48.7 Å². The molecule has 3 aliphatic rings. The van der Waals surface area contributed by atoms with Crippen LogP contribution in [-0.4, -0.2) is 135 Å². The van der Waals surface area contributed by atoms with Gasteiger partial charge in [0.25, 0.3) is 0 Å². The van der Waals surface area contributed by atoms with E-state index in [1.165, 1.54) is 0 Å². The topological polar surface area (TPSA) is 222 Å². The monoisotopic (exact) mass is 624 g/mol. The molecule has 4 heterocycles. The molecule has 1 aromatic carbocycles. The number of aromatic nitrogens is 1. The summed E-state index contributed by atoms with van der Waals surface area (Å²) >= 11 is 0. The highest BCUT2D eigenvalue weighted by Gasteiger charge is 2.48. The van der Waals surface area contributed by atoms with Gasteiger partial charge in [0.1, 0.15) is 48.8 Å². The lowest BCUT2D eigenvalue weighted by atomic mass is 9.98. The van der Waals surface area contributed by atoms with E-state index in [1.807, 2.05) is 25.1 Å². The largest absolute Gasteiger partial charge is 0.454 e. The van der Waals surface area contributed by atoms with Crippen molar-refractivity contribution in [3.63, 3.8) is 0 Å². The lowest BCUT2D eigenvalue weighted by Crippen LogP contribution is -2.62. The second-order valence-corrected chi connectivity index (χ2v) is 11.2. The highest BCUT2D eigenvalue weighted by molar-refractivity contribution is 5.44. The van der Waals surface area contributed by atoms with Crippen molar-refractivity contribution in [1.82, 2.24) is 10.3 Å². The summed E-state index contributed by atoms with van der Waals surface area (Å²) in [7, 11) is 0. The molecule has 2 saturated heterocycles. The zero-order valence-electron chi connectivity index (χ0n) is 24.0. The molecule has 0 radical (unpaired) electrons. The van der Waals surface area contributed by atoms with Crippen molar-refractivity contribution in [2.75, 3.05) is 26.6 Å². The predicted molar refractivity (Wildman–Crippen MR) is 148 cm³/mol. The van der Waals surface area contributed by atoms with E-state index in [1.54, 1.807) is 24.5 Å². The van der Waals surface area contributed by atoms with Gasteiger partial charge in [0.2, 0.25) is 6.79 Å². The van der Waals surface area contributed by atoms with Crippen molar-refractivity contribution in [2.45, 2.75) is 86.9 Å². The highest BCUT2D eigenvalue weighted by atomic mass is 16.7. The number of hydrogen-bond acceptors (Lipinski definition) is 15. The first-order chi connectivity index (χ1) is 21.2. The van der Waals surface area contributed by atoms with Crippen LogP contribution in [0.4, 0.5) is 0 Å². The molecule has 0 amide bonds. The SMILES string of the molecule is CC(Cc1ccc2c(c1)OCO2)NC[C@H](O[C@@H]1O[C@H](CO[C@@H]2O[C@H](CO)[C@@H](O)[C@H](O)[C@H]2O)[C@@H](O)[C@H](O)[C@H]1O)c1ccncc1. The summed E-state index contributed by atoms with van der Waals surface area (Å²) in [4.78, 5) is 4.05. The van der Waals surface area contributed by atoms with Gasteiger partial charge in [-0.1, -0.05) is 6.07 Å². The Balaban J connectivity index is 1.22. The molecule has 0 saturated carbocycles. The number of nitrogens with zero attached hydrogens (tertiary/aromatic N) is 1. The average Bonchev–Trinajstić information content (AvgIpc) is 3.50. The van der Waals surface area contributed by atoms with E-state index in [2.05, 4.69) is 10.3 Å². The van der Waals surface area contributed by atoms with Gasteiger partial charge in [0.05, 0.1) is 19.3 Å². The first-order valence-electron chi connectivity index (χ1n) is 14.4. The summed E-state index contributed by atoms with van der Waals surface area (Å²) in [6.45, 7) is 1.38. The molecule has 0 aliphatic carbocycles. The standard InChI is InChI=1S/C29H40N2O13/c1-14(8-15-2-3-17-18(9-15)41-13-40-17)31-10-19(16-4-6-30-7-5-16)42-29-27(38)25(36)23(34)21(44-29)12-39-28-26(37)24(35)22(33)20(11-32)43-28/h2-7,9,14,19-29,31-38H,8,10-13H2,1H3/t14?,19-,20+,21+,22+,23+,24-,25-,26+,27+,28+,29+/m0/s1. The van der Waals surface area contributed by atoms with E-state index < -0.39 is 80.7 Å². The van der Waals surface area contributed by atoms with Gasteiger partial charge in [0.15, 0.2) is 24.1 Å². The molecule has 5 rings (SSSR count). The molecule has 44 heavy (non-hydrogen) atoms. The van der Waals surface area contributed by atoms with Crippen LogP contribution >= 0.6 is 0 Å². The average molecular weight is 625 g/mol. The molecular formula is C29H40N2O13. The minimum absolute atomic E-state index is 0.00685. The molecule has 244 valence electrons. The van der Waals surface area contributed by atoms with Crippen LogP contribution in [0.1, 0.15) is 24.2 Å². The molecule has 15 heteroatoms. The van der Waals surface area contributed by atoms with Gasteiger partial charge >= 0.3 is 0 Å². The van der Waals surface area contributed by atoms with Crippen LogP contribution < -0.4 is 14.8 Å². The van der Waals surface area contributed by atoms with Crippen LogP contribution in [0, 0.1) is 0 Å². The Bertz CT molecular complexity index is 1190. The zero-order valence-corrected chi connectivity index (χ0v) is 24.0. The number of nitrogens with one attached hydrogen (secondary N) is 1. The fourth-order valence-electron chi connectivity index (χ4n) is 5.35. The first-order valence-corrected chi connectivity index (χ1v) is 14.4. The van der Waals surface area contributed by atoms with Gasteiger partial charge in [-0.3, -0.25) is 4.98 Å².